The van der Waals surface area contributed by atoms with Crippen LogP contribution >= 0.6 is 15.9 Å². The van der Waals surface area contributed by atoms with Crippen molar-refractivity contribution in [3.05, 3.63) is 34.3 Å². The van der Waals surface area contributed by atoms with Crippen LogP contribution in [0, 0.1) is 11.3 Å². The first-order valence-electron chi connectivity index (χ1n) is 6.88. The number of carbonyl (C=O) groups is 1. The average Bonchev–Trinajstić information content (AvgIpc) is 2.77. The lowest BCUT2D eigenvalue weighted by molar-refractivity contribution is 0.0937. The zero-order valence-electron chi connectivity index (χ0n) is 11.9. The smallest absolute Gasteiger partial charge is 0.177 e. The number of benzene rings is 1. The van der Waals surface area contributed by atoms with Crippen molar-refractivity contribution in [2.75, 3.05) is 19.6 Å². The monoisotopic (exact) mass is 323 g/mol. The van der Waals surface area contributed by atoms with E-state index in [1.54, 1.807) is 0 Å². The Morgan fingerprint density at radius 1 is 1.37 bits per heavy atom. The topological polar surface area (TPSA) is 20.3 Å². The van der Waals surface area contributed by atoms with Gasteiger partial charge in [-0.25, -0.2) is 0 Å². The molecule has 1 heterocycles. The van der Waals surface area contributed by atoms with Crippen molar-refractivity contribution in [3.63, 3.8) is 0 Å². The lowest BCUT2D eigenvalue weighted by Gasteiger charge is -2.27. The van der Waals surface area contributed by atoms with Crippen molar-refractivity contribution in [1.82, 2.24) is 4.90 Å². The summed E-state index contributed by atoms with van der Waals surface area (Å²) in [5, 5.41) is 0. The molecule has 19 heavy (non-hydrogen) atoms. The Bertz CT molecular complexity index is 464. The van der Waals surface area contributed by atoms with Gasteiger partial charge in [0.1, 0.15) is 0 Å². The molecule has 1 aromatic rings. The summed E-state index contributed by atoms with van der Waals surface area (Å²) in [7, 11) is 0. The molecule has 1 aromatic carbocycles. The summed E-state index contributed by atoms with van der Waals surface area (Å²) in [4.78, 5) is 14.6. The maximum Gasteiger partial charge on any atom is 0.177 e. The number of Topliss-reactive ketones (excluding diaryl/α,β-unsaturated/α-hetero) is 1. The van der Waals surface area contributed by atoms with E-state index in [0.717, 1.165) is 23.1 Å². The predicted octanol–water partition coefficient (Wildman–Crippen LogP) is 4.00. The van der Waals surface area contributed by atoms with Crippen LogP contribution in [-0.4, -0.2) is 30.3 Å². The SMILES string of the molecule is CC(C)(C)C1CCN(CC(=O)c2ccccc2Br)C1. The maximum atomic E-state index is 12.3. The van der Waals surface area contributed by atoms with Crippen LogP contribution in [0.5, 0.6) is 0 Å². The molecule has 0 N–H and O–H groups in total. The molecule has 2 rings (SSSR count). The van der Waals surface area contributed by atoms with E-state index in [4.69, 9.17) is 0 Å². The molecular formula is C16H22BrNO. The second-order valence-electron chi connectivity index (χ2n) is 6.49. The van der Waals surface area contributed by atoms with Crippen molar-refractivity contribution < 1.29 is 4.79 Å². The van der Waals surface area contributed by atoms with Gasteiger partial charge in [0.15, 0.2) is 5.78 Å². The van der Waals surface area contributed by atoms with Crippen LogP contribution in [0.1, 0.15) is 37.6 Å². The summed E-state index contributed by atoms with van der Waals surface area (Å²) in [5.74, 6) is 0.904. The van der Waals surface area contributed by atoms with Gasteiger partial charge in [-0.3, -0.25) is 9.69 Å². The summed E-state index contributed by atoms with van der Waals surface area (Å²) < 4.78 is 0.895. The van der Waals surface area contributed by atoms with Crippen molar-refractivity contribution >= 4 is 21.7 Å². The van der Waals surface area contributed by atoms with Crippen molar-refractivity contribution in [2.45, 2.75) is 27.2 Å². The molecule has 3 heteroatoms. The number of nitrogens with zero attached hydrogens (tertiary/aromatic N) is 1. The first kappa shape index (κ1) is 14.7. The molecule has 1 aliphatic rings. The van der Waals surface area contributed by atoms with Crippen LogP contribution in [0.4, 0.5) is 0 Å². The van der Waals surface area contributed by atoms with E-state index in [1.807, 2.05) is 24.3 Å². The minimum absolute atomic E-state index is 0.210. The molecule has 2 nitrogen and oxygen atoms in total. The molecule has 0 amide bonds. The van der Waals surface area contributed by atoms with E-state index < -0.39 is 0 Å². The average molecular weight is 324 g/mol. The highest BCUT2D eigenvalue weighted by Gasteiger charge is 2.32. The number of carbonyl (C=O) groups excluding carboxylic acids is 1. The van der Waals surface area contributed by atoms with Gasteiger partial charge in [0.05, 0.1) is 6.54 Å². The Morgan fingerprint density at radius 3 is 2.63 bits per heavy atom. The minimum atomic E-state index is 0.210. The van der Waals surface area contributed by atoms with E-state index in [1.165, 1.54) is 6.42 Å². The van der Waals surface area contributed by atoms with E-state index in [0.29, 0.717) is 17.9 Å². The molecule has 0 radical (unpaired) electrons. The number of rotatable bonds is 3. The Labute approximate surface area is 124 Å². The van der Waals surface area contributed by atoms with Gasteiger partial charge in [0.2, 0.25) is 0 Å². The molecule has 1 unspecified atom stereocenters. The van der Waals surface area contributed by atoms with Gasteiger partial charge in [-0.2, -0.15) is 0 Å². The number of hydrogen-bond donors (Lipinski definition) is 0. The fourth-order valence-electron chi connectivity index (χ4n) is 2.66. The first-order chi connectivity index (χ1) is 8.88. The highest BCUT2D eigenvalue weighted by Crippen LogP contribution is 2.33. The maximum absolute atomic E-state index is 12.3. The Kier molecular flexibility index (Phi) is 4.46. The minimum Gasteiger partial charge on any atom is -0.295 e. The standard InChI is InChI=1S/C16H22BrNO/c1-16(2,3)12-8-9-18(10-12)11-15(19)13-6-4-5-7-14(13)17/h4-7,12H,8-11H2,1-3H3. The normalized spacial score (nSPS) is 20.7. The third kappa shape index (κ3) is 3.67. The molecule has 1 fully saturated rings. The van der Waals surface area contributed by atoms with Crippen LogP contribution in [0.25, 0.3) is 0 Å². The third-order valence-electron chi connectivity index (χ3n) is 4.04. The summed E-state index contributed by atoms with van der Waals surface area (Å²) >= 11 is 3.45. The molecular weight excluding hydrogens is 302 g/mol. The third-order valence-corrected chi connectivity index (χ3v) is 4.73. The molecule has 0 aliphatic carbocycles. The highest BCUT2D eigenvalue weighted by atomic mass is 79.9. The summed E-state index contributed by atoms with van der Waals surface area (Å²) in [6.07, 6.45) is 1.20. The van der Waals surface area contributed by atoms with Gasteiger partial charge in [-0.05, 0) is 30.4 Å². The van der Waals surface area contributed by atoms with E-state index >= 15 is 0 Å². The number of ketones is 1. The zero-order chi connectivity index (χ0) is 14.0. The van der Waals surface area contributed by atoms with Crippen LogP contribution < -0.4 is 0 Å². The molecule has 0 spiro atoms. The quantitative estimate of drug-likeness (QED) is 0.783. The summed E-state index contributed by atoms with van der Waals surface area (Å²) in [5.41, 5.74) is 1.13. The lowest BCUT2D eigenvalue weighted by Crippen LogP contribution is -2.30. The number of hydrogen-bond acceptors (Lipinski definition) is 2. The largest absolute Gasteiger partial charge is 0.295 e. The fourth-order valence-corrected chi connectivity index (χ4v) is 3.16. The predicted molar refractivity (Wildman–Crippen MR) is 82.5 cm³/mol. The zero-order valence-corrected chi connectivity index (χ0v) is 13.5. The Morgan fingerprint density at radius 2 is 2.05 bits per heavy atom. The van der Waals surface area contributed by atoms with Crippen molar-refractivity contribution in [2.24, 2.45) is 11.3 Å². The number of likely N-dealkylation sites (tertiary alicyclic amines) is 1. The van der Waals surface area contributed by atoms with Crippen molar-refractivity contribution in [3.8, 4) is 0 Å². The van der Waals surface area contributed by atoms with Gasteiger partial charge < -0.3 is 0 Å². The van der Waals surface area contributed by atoms with E-state index in [9.17, 15) is 4.79 Å². The van der Waals surface area contributed by atoms with Gasteiger partial charge >= 0.3 is 0 Å². The molecule has 0 saturated carbocycles. The van der Waals surface area contributed by atoms with E-state index in [-0.39, 0.29) is 5.78 Å². The van der Waals surface area contributed by atoms with Crippen LogP contribution in [0.3, 0.4) is 0 Å². The Hall–Kier alpha value is -0.670. The molecule has 1 saturated heterocycles. The number of halogens is 1. The molecule has 1 atom stereocenters. The van der Waals surface area contributed by atoms with E-state index in [2.05, 4.69) is 41.6 Å². The molecule has 1 aliphatic heterocycles. The van der Waals surface area contributed by atoms with Crippen LogP contribution in [0.15, 0.2) is 28.7 Å². The van der Waals surface area contributed by atoms with Crippen LogP contribution in [-0.2, 0) is 0 Å². The molecule has 0 aromatic heterocycles. The summed E-state index contributed by atoms with van der Waals surface area (Å²) in [6, 6.07) is 7.67. The van der Waals surface area contributed by atoms with Gasteiger partial charge in [0.25, 0.3) is 0 Å². The van der Waals surface area contributed by atoms with Crippen molar-refractivity contribution in [1.29, 1.82) is 0 Å². The lowest BCUT2D eigenvalue weighted by atomic mass is 9.80. The second kappa shape index (κ2) is 5.76. The first-order valence-corrected chi connectivity index (χ1v) is 7.67. The van der Waals surface area contributed by atoms with Gasteiger partial charge in [-0.1, -0.05) is 54.9 Å². The van der Waals surface area contributed by atoms with Gasteiger partial charge in [-0.15, -0.1) is 0 Å². The molecule has 0 bridgehead atoms. The summed E-state index contributed by atoms with van der Waals surface area (Å²) in [6.45, 7) is 9.48. The molecule has 104 valence electrons. The Balaban J connectivity index is 1.97. The van der Waals surface area contributed by atoms with Crippen LogP contribution in [0.2, 0.25) is 0 Å². The highest BCUT2D eigenvalue weighted by molar-refractivity contribution is 9.10. The van der Waals surface area contributed by atoms with Gasteiger partial charge in [0, 0.05) is 16.6 Å². The fraction of sp³-hybridized carbons (Fsp3) is 0.562. The second-order valence-corrected chi connectivity index (χ2v) is 7.34.